The maximum atomic E-state index is 11.6. The number of methoxy groups -OCH3 is 1. The summed E-state index contributed by atoms with van der Waals surface area (Å²) >= 11 is 5.87. The summed E-state index contributed by atoms with van der Waals surface area (Å²) in [7, 11) is 3.08. The van der Waals surface area contributed by atoms with Crippen LogP contribution in [0.4, 0.5) is 0 Å². The van der Waals surface area contributed by atoms with Crippen molar-refractivity contribution in [2.75, 3.05) is 7.11 Å². The van der Waals surface area contributed by atoms with Crippen molar-refractivity contribution in [3.8, 4) is 11.6 Å². The fraction of sp³-hybridized carbons (Fsp3) is 0.188. The van der Waals surface area contributed by atoms with Crippen molar-refractivity contribution >= 4 is 17.6 Å². The van der Waals surface area contributed by atoms with Crippen LogP contribution >= 0.6 is 11.6 Å². The van der Waals surface area contributed by atoms with Crippen LogP contribution in [0.3, 0.4) is 0 Å². The minimum Gasteiger partial charge on any atom is -0.464 e. The van der Waals surface area contributed by atoms with Gasteiger partial charge in [-0.15, -0.1) is 0 Å². The summed E-state index contributed by atoms with van der Waals surface area (Å²) in [6.07, 6.45) is 0.537. The minimum atomic E-state index is -0.417. The number of benzene rings is 1. The summed E-state index contributed by atoms with van der Waals surface area (Å²) in [6.45, 7) is 0. The molecule has 0 aliphatic heterocycles. The van der Waals surface area contributed by atoms with Gasteiger partial charge in [0, 0.05) is 18.5 Å². The Bertz CT molecular complexity index is 837. The molecule has 7 heteroatoms. The standard InChI is InChI=1S/C16H14ClN3O3/c1-20-12(7-8-13(20)16(21)22-2)15-18-14(19-23-15)9-10-3-5-11(17)6-4-10/h3-8H,9H2,1-2H3. The van der Waals surface area contributed by atoms with Crippen molar-refractivity contribution < 1.29 is 14.1 Å². The lowest BCUT2D eigenvalue weighted by Crippen LogP contribution is -2.08. The third kappa shape index (κ3) is 3.12. The van der Waals surface area contributed by atoms with Crippen LogP contribution in [0, 0.1) is 0 Å². The Morgan fingerprint density at radius 3 is 2.70 bits per heavy atom. The van der Waals surface area contributed by atoms with Crippen LogP contribution in [-0.4, -0.2) is 27.8 Å². The lowest BCUT2D eigenvalue weighted by atomic mass is 10.1. The molecule has 6 nitrogen and oxygen atoms in total. The van der Waals surface area contributed by atoms with Gasteiger partial charge in [0.25, 0.3) is 5.89 Å². The van der Waals surface area contributed by atoms with Gasteiger partial charge in [-0.05, 0) is 29.8 Å². The van der Waals surface area contributed by atoms with Crippen LogP contribution in [-0.2, 0) is 18.2 Å². The molecule has 0 fully saturated rings. The van der Waals surface area contributed by atoms with E-state index >= 15 is 0 Å². The van der Waals surface area contributed by atoms with Crippen LogP contribution in [0.25, 0.3) is 11.6 Å². The molecule has 0 saturated carbocycles. The highest BCUT2D eigenvalue weighted by Gasteiger charge is 2.18. The Morgan fingerprint density at radius 1 is 1.26 bits per heavy atom. The Balaban J connectivity index is 1.83. The molecule has 0 N–H and O–H groups in total. The Labute approximate surface area is 137 Å². The lowest BCUT2D eigenvalue weighted by molar-refractivity contribution is 0.0590. The number of aromatic nitrogens is 3. The van der Waals surface area contributed by atoms with Crippen molar-refractivity contribution in [1.29, 1.82) is 0 Å². The first-order chi connectivity index (χ1) is 11.1. The largest absolute Gasteiger partial charge is 0.464 e. The first-order valence-corrected chi connectivity index (χ1v) is 7.27. The van der Waals surface area contributed by atoms with E-state index < -0.39 is 5.97 Å². The van der Waals surface area contributed by atoms with Gasteiger partial charge in [-0.1, -0.05) is 28.9 Å². The van der Waals surface area contributed by atoms with Gasteiger partial charge in [0.05, 0.1) is 7.11 Å². The fourth-order valence-electron chi connectivity index (χ4n) is 2.25. The number of nitrogens with zero attached hydrogens (tertiary/aromatic N) is 3. The molecule has 0 unspecified atom stereocenters. The molecule has 23 heavy (non-hydrogen) atoms. The molecule has 3 aromatic rings. The molecule has 2 heterocycles. The molecule has 0 bridgehead atoms. The Hall–Kier alpha value is -2.60. The molecule has 0 spiro atoms. The molecular formula is C16H14ClN3O3. The van der Waals surface area contributed by atoms with Crippen LogP contribution < -0.4 is 0 Å². The molecule has 0 atom stereocenters. The van der Waals surface area contributed by atoms with E-state index in [1.807, 2.05) is 24.3 Å². The molecule has 3 rings (SSSR count). The second kappa shape index (κ2) is 6.26. The zero-order valence-electron chi connectivity index (χ0n) is 12.6. The average molecular weight is 332 g/mol. The van der Waals surface area contributed by atoms with Gasteiger partial charge >= 0.3 is 5.97 Å². The number of carbonyl (C=O) groups is 1. The van der Waals surface area contributed by atoms with E-state index in [9.17, 15) is 4.79 Å². The number of hydrogen-bond acceptors (Lipinski definition) is 5. The highest BCUT2D eigenvalue weighted by atomic mass is 35.5. The maximum absolute atomic E-state index is 11.6. The molecule has 0 radical (unpaired) electrons. The zero-order chi connectivity index (χ0) is 16.4. The topological polar surface area (TPSA) is 70.2 Å². The first-order valence-electron chi connectivity index (χ1n) is 6.90. The van der Waals surface area contributed by atoms with Gasteiger partial charge in [0.2, 0.25) is 0 Å². The van der Waals surface area contributed by atoms with Crippen LogP contribution in [0.1, 0.15) is 21.9 Å². The van der Waals surface area contributed by atoms with Gasteiger partial charge in [-0.2, -0.15) is 4.98 Å². The quantitative estimate of drug-likeness (QED) is 0.687. The molecular weight excluding hydrogens is 318 g/mol. The van der Waals surface area contributed by atoms with Gasteiger partial charge in [0.15, 0.2) is 5.82 Å². The van der Waals surface area contributed by atoms with E-state index in [0.29, 0.717) is 34.5 Å². The third-order valence-electron chi connectivity index (χ3n) is 3.48. The van der Waals surface area contributed by atoms with E-state index in [1.165, 1.54) is 7.11 Å². The lowest BCUT2D eigenvalue weighted by Gasteiger charge is -2.02. The van der Waals surface area contributed by atoms with Gasteiger partial charge in [0.1, 0.15) is 11.4 Å². The molecule has 2 aromatic heterocycles. The fourth-order valence-corrected chi connectivity index (χ4v) is 2.38. The van der Waals surface area contributed by atoms with Gasteiger partial charge < -0.3 is 13.8 Å². The van der Waals surface area contributed by atoms with E-state index in [1.54, 1.807) is 23.7 Å². The number of ether oxygens (including phenoxy) is 1. The molecule has 1 aromatic carbocycles. The number of rotatable bonds is 4. The predicted octanol–water partition coefficient (Wildman–Crippen LogP) is 3.11. The maximum Gasteiger partial charge on any atom is 0.354 e. The van der Waals surface area contributed by atoms with E-state index in [4.69, 9.17) is 20.9 Å². The summed E-state index contributed by atoms with van der Waals surface area (Å²) in [5, 5.41) is 4.66. The molecule has 0 aliphatic carbocycles. The second-order valence-corrected chi connectivity index (χ2v) is 5.41. The van der Waals surface area contributed by atoms with Crippen LogP contribution in [0.2, 0.25) is 5.02 Å². The number of hydrogen-bond donors (Lipinski definition) is 0. The molecule has 0 saturated heterocycles. The van der Waals surface area contributed by atoms with E-state index in [0.717, 1.165) is 5.56 Å². The predicted molar refractivity (Wildman–Crippen MR) is 84.3 cm³/mol. The third-order valence-corrected chi connectivity index (χ3v) is 3.73. The summed E-state index contributed by atoms with van der Waals surface area (Å²) < 4.78 is 11.7. The monoisotopic (exact) mass is 331 g/mol. The highest BCUT2D eigenvalue weighted by molar-refractivity contribution is 6.30. The van der Waals surface area contributed by atoms with Crippen molar-refractivity contribution in [3.63, 3.8) is 0 Å². The first kappa shape index (κ1) is 15.3. The summed E-state index contributed by atoms with van der Waals surface area (Å²) in [5.74, 6) is 0.495. The van der Waals surface area contributed by atoms with Gasteiger partial charge in [-0.3, -0.25) is 0 Å². The van der Waals surface area contributed by atoms with E-state index in [2.05, 4.69) is 10.1 Å². The zero-order valence-corrected chi connectivity index (χ0v) is 13.4. The van der Waals surface area contributed by atoms with Crippen LogP contribution in [0.5, 0.6) is 0 Å². The van der Waals surface area contributed by atoms with Crippen molar-refractivity contribution in [1.82, 2.24) is 14.7 Å². The van der Waals surface area contributed by atoms with Crippen molar-refractivity contribution in [2.45, 2.75) is 6.42 Å². The average Bonchev–Trinajstić information content (AvgIpc) is 3.15. The second-order valence-electron chi connectivity index (χ2n) is 4.97. The number of halogens is 1. The number of esters is 1. The molecule has 118 valence electrons. The highest BCUT2D eigenvalue weighted by Crippen LogP contribution is 2.21. The van der Waals surface area contributed by atoms with Crippen LogP contribution in [0.15, 0.2) is 40.9 Å². The summed E-state index contributed by atoms with van der Waals surface area (Å²) in [4.78, 5) is 16.0. The van der Waals surface area contributed by atoms with Crippen molar-refractivity contribution in [2.24, 2.45) is 7.05 Å². The summed E-state index contributed by atoms with van der Waals surface area (Å²) in [6, 6.07) is 10.9. The number of carbonyl (C=O) groups excluding carboxylic acids is 1. The normalized spacial score (nSPS) is 10.7. The Morgan fingerprint density at radius 2 is 2.00 bits per heavy atom. The smallest absolute Gasteiger partial charge is 0.354 e. The van der Waals surface area contributed by atoms with Crippen molar-refractivity contribution in [3.05, 3.63) is 58.5 Å². The SMILES string of the molecule is COC(=O)c1ccc(-c2nc(Cc3ccc(Cl)cc3)no2)n1C. The molecule has 0 aliphatic rings. The minimum absolute atomic E-state index is 0.353. The van der Waals surface area contributed by atoms with E-state index in [-0.39, 0.29) is 0 Å². The van der Waals surface area contributed by atoms with Gasteiger partial charge in [-0.25, -0.2) is 4.79 Å². The Kier molecular flexibility index (Phi) is 4.16. The molecule has 0 amide bonds. The summed E-state index contributed by atoms with van der Waals surface area (Å²) in [5.41, 5.74) is 2.10.